The number of unbranched alkanes of at least 4 members (excludes halogenated alkanes) is 1. The number of rotatable bonds is 6. The highest BCUT2D eigenvalue weighted by molar-refractivity contribution is 14.1. The van der Waals surface area contributed by atoms with Crippen molar-refractivity contribution in [1.82, 2.24) is 0 Å². The summed E-state index contributed by atoms with van der Waals surface area (Å²) in [7, 11) is 0. The van der Waals surface area contributed by atoms with Gasteiger partial charge < -0.3 is 9.84 Å². The number of aliphatic hydroxyl groups is 1. The molecule has 0 fully saturated rings. The molecule has 0 rings (SSSR count). The molecular weight excluding hydrogens is 271 g/mol. The lowest BCUT2D eigenvalue weighted by Gasteiger charge is -2.06. The molecule has 1 N–H and O–H groups in total. The lowest BCUT2D eigenvalue weighted by molar-refractivity contribution is -0.145. The quantitative estimate of drug-likeness (QED) is 0.348. The Morgan fingerprint density at radius 3 is 2.83 bits per heavy atom. The fraction of sp³-hybridized carbons (Fsp3) is 0.875. The van der Waals surface area contributed by atoms with E-state index in [1.807, 2.05) is 29.5 Å². The fourth-order valence-corrected chi connectivity index (χ4v) is 0.948. The summed E-state index contributed by atoms with van der Waals surface area (Å²) < 4.78 is 5.42. The first-order chi connectivity index (χ1) is 5.70. The molecule has 0 bridgehead atoms. The maximum Gasteiger partial charge on any atom is 0.308 e. The van der Waals surface area contributed by atoms with Gasteiger partial charge in [0.2, 0.25) is 0 Å². The molecule has 72 valence electrons. The van der Waals surface area contributed by atoms with Crippen molar-refractivity contribution in [1.29, 1.82) is 0 Å². The van der Waals surface area contributed by atoms with Gasteiger partial charge in [-0.25, -0.2) is 0 Å². The third-order valence-corrected chi connectivity index (χ3v) is 2.36. The Balaban J connectivity index is 3.33. The second-order valence-electron chi connectivity index (χ2n) is 2.59. The molecule has 4 heteroatoms. The number of aliphatic hydroxyl groups excluding tert-OH is 1. The van der Waals surface area contributed by atoms with Gasteiger partial charge in [0.05, 0.1) is 19.1 Å². The van der Waals surface area contributed by atoms with Crippen LogP contribution in [0.1, 0.15) is 26.2 Å². The molecule has 0 radical (unpaired) electrons. The van der Waals surface area contributed by atoms with Gasteiger partial charge in [0.25, 0.3) is 0 Å². The van der Waals surface area contributed by atoms with Gasteiger partial charge in [-0.15, -0.1) is 0 Å². The van der Waals surface area contributed by atoms with Crippen LogP contribution in [-0.4, -0.2) is 28.2 Å². The Labute approximate surface area is 86.6 Å². The van der Waals surface area contributed by atoms with Crippen molar-refractivity contribution >= 4 is 28.6 Å². The third kappa shape index (κ3) is 6.84. The molecule has 0 aliphatic rings. The molecule has 0 aromatic heterocycles. The van der Waals surface area contributed by atoms with E-state index >= 15 is 0 Å². The zero-order valence-electron chi connectivity index (χ0n) is 7.25. The predicted octanol–water partition coefficient (Wildman–Crippen LogP) is 1.52. The summed E-state index contributed by atoms with van der Waals surface area (Å²) in [5.41, 5.74) is 0. The van der Waals surface area contributed by atoms with Gasteiger partial charge in [-0.2, -0.15) is 0 Å². The van der Waals surface area contributed by atoms with Crippen LogP contribution in [0.15, 0.2) is 0 Å². The van der Waals surface area contributed by atoms with Crippen LogP contribution in [-0.2, 0) is 9.53 Å². The molecule has 12 heavy (non-hydrogen) atoms. The van der Waals surface area contributed by atoms with E-state index in [0.29, 0.717) is 11.0 Å². The first-order valence-electron chi connectivity index (χ1n) is 4.10. The average molecular weight is 286 g/mol. The van der Waals surface area contributed by atoms with Crippen LogP contribution in [0.4, 0.5) is 0 Å². The fourth-order valence-electron chi connectivity index (χ4n) is 0.636. The minimum absolute atomic E-state index is 0.118. The van der Waals surface area contributed by atoms with Crippen LogP contribution in [0.3, 0.4) is 0 Å². The van der Waals surface area contributed by atoms with E-state index in [0.717, 1.165) is 12.8 Å². The van der Waals surface area contributed by atoms with Gasteiger partial charge >= 0.3 is 5.97 Å². The standard InChI is InChI=1S/C8H15IO3/c1-2-3-4-12-8(11)5-7(10)6-9/h7,10H,2-6H2,1H3. The molecule has 1 atom stereocenters. The summed E-state index contributed by atoms with van der Waals surface area (Å²) in [6.45, 7) is 2.51. The Bertz CT molecular complexity index is 127. The molecule has 0 aromatic rings. The Morgan fingerprint density at radius 2 is 2.33 bits per heavy atom. The number of alkyl halides is 1. The zero-order valence-corrected chi connectivity index (χ0v) is 9.41. The van der Waals surface area contributed by atoms with E-state index in [2.05, 4.69) is 0 Å². The molecule has 0 aromatic carbocycles. The maximum absolute atomic E-state index is 10.9. The highest BCUT2D eigenvalue weighted by Crippen LogP contribution is 1.99. The topological polar surface area (TPSA) is 46.5 Å². The average Bonchev–Trinajstić information content (AvgIpc) is 2.05. The van der Waals surface area contributed by atoms with Crippen molar-refractivity contribution < 1.29 is 14.6 Å². The van der Waals surface area contributed by atoms with E-state index in [1.54, 1.807) is 0 Å². The molecule has 0 aliphatic heterocycles. The SMILES string of the molecule is CCCCOC(=O)CC(O)CI. The number of esters is 1. The number of carbonyl (C=O) groups is 1. The summed E-state index contributed by atoms with van der Waals surface area (Å²) in [6, 6.07) is 0. The van der Waals surface area contributed by atoms with Crippen LogP contribution < -0.4 is 0 Å². The van der Waals surface area contributed by atoms with Gasteiger partial charge in [0.1, 0.15) is 0 Å². The summed E-state index contributed by atoms with van der Waals surface area (Å²) in [5, 5.41) is 9.08. The summed E-state index contributed by atoms with van der Waals surface area (Å²) in [4.78, 5) is 10.9. The van der Waals surface area contributed by atoms with Crippen LogP contribution in [0.5, 0.6) is 0 Å². The van der Waals surface area contributed by atoms with E-state index in [-0.39, 0.29) is 12.4 Å². The summed E-state index contributed by atoms with van der Waals surface area (Å²) >= 11 is 2.03. The maximum atomic E-state index is 10.9. The molecule has 1 unspecified atom stereocenters. The molecule has 0 amide bonds. The number of halogens is 1. The van der Waals surface area contributed by atoms with Crippen molar-refractivity contribution in [2.24, 2.45) is 0 Å². The minimum Gasteiger partial charge on any atom is -0.466 e. The molecule has 0 spiro atoms. The second-order valence-corrected chi connectivity index (χ2v) is 3.47. The highest BCUT2D eigenvalue weighted by atomic mass is 127. The van der Waals surface area contributed by atoms with Crippen LogP contribution in [0, 0.1) is 0 Å². The van der Waals surface area contributed by atoms with E-state index < -0.39 is 6.10 Å². The number of hydrogen-bond acceptors (Lipinski definition) is 3. The first kappa shape index (κ1) is 12.2. The Morgan fingerprint density at radius 1 is 1.67 bits per heavy atom. The van der Waals surface area contributed by atoms with Gasteiger partial charge in [0, 0.05) is 4.43 Å². The predicted molar refractivity (Wildman–Crippen MR) is 55.4 cm³/mol. The van der Waals surface area contributed by atoms with Crippen molar-refractivity contribution in [3.63, 3.8) is 0 Å². The van der Waals surface area contributed by atoms with Crippen molar-refractivity contribution in [3.8, 4) is 0 Å². The monoisotopic (exact) mass is 286 g/mol. The van der Waals surface area contributed by atoms with E-state index in [1.165, 1.54) is 0 Å². The van der Waals surface area contributed by atoms with Crippen molar-refractivity contribution in [2.75, 3.05) is 11.0 Å². The Hall–Kier alpha value is 0.160. The number of carbonyl (C=O) groups excluding carboxylic acids is 1. The lowest BCUT2D eigenvalue weighted by atomic mass is 10.3. The lowest BCUT2D eigenvalue weighted by Crippen LogP contribution is -2.17. The van der Waals surface area contributed by atoms with Crippen LogP contribution in [0.25, 0.3) is 0 Å². The molecule has 0 saturated carbocycles. The van der Waals surface area contributed by atoms with Gasteiger partial charge in [-0.3, -0.25) is 4.79 Å². The first-order valence-corrected chi connectivity index (χ1v) is 5.63. The normalized spacial score (nSPS) is 12.6. The van der Waals surface area contributed by atoms with Crippen molar-refractivity contribution in [3.05, 3.63) is 0 Å². The molecule has 3 nitrogen and oxygen atoms in total. The van der Waals surface area contributed by atoms with Crippen LogP contribution >= 0.6 is 22.6 Å². The number of ether oxygens (including phenoxy) is 1. The molecule has 0 heterocycles. The Kier molecular flexibility index (Phi) is 7.89. The van der Waals surface area contributed by atoms with Gasteiger partial charge in [0.15, 0.2) is 0 Å². The van der Waals surface area contributed by atoms with Gasteiger partial charge in [-0.05, 0) is 6.42 Å². The van der Waals surface area contributed by atoms with E-state index in [4.69, 9.17) is 9.84 Å². The smallest absolute Gasteiger partial charge is 0.308 e. The molecular formula is C8H15IO3. The minimum atomic E-state index is -0.556. The molecule has 0 saturated heterocycles. The van der Waals surface area contributed by atoms with Crippen LogP contribution in [0.2, 0.25) is 0 Å². The third-order valence-electron chi connectivity index (χ3n) is 1.34. The zero-order chi connectivity index (χ0) is 9.40. The summed E-state index contributed by atoms with van der Waals surface area (Å²) in [6.07, 6.45) is 1.47. The van der Waals surface area contributed by atoms with Crippen molar-refractivity contribution in [2.45, 2.75) is 32.3 Å². The van der Waals surface area contributed by atoms with E-state index in [9.17, 15) is 4.79 Å². The van der Waals surface area contributed by atoms with Gasteiger partial charge in [-0.1, -0.05) is 35.9 Å². The second kappa shape index (κ2) is 7.79. The molecule has 0 aliphatic carbocycles. The highest BCUT2D eigenvalue weighted by Gasteiger charge is 2.09. The largest absolute Gasteiger partial charge is 0.466 e. The summed E-state index contributed by atoms with van der Waals surface area (Å²) in [5.74, 6) is -0.299. The number of hydrogen-bond donors (Lipinski definition) is 1.